The molecule has 1 unspecified atom stereocenters. The molecule has 5 nitrogen and oxygen atoms in total. The van der Waals surface area contributed by atoms with Crippen molar-refractivity contribution in [1.29, 1.82) is 0 Å². The average molecular weight is 285 g/mol. The molecule has 1 rings (SSSR count). The average Bonchev–Trinajstić information content (AvgIpc) is 2.70. The summed E-state index contributed by atoms with van der Waals surface area (Å²) in [4.78, 5) is 23.4. The van der Waals surface area contributed by atoms with Gasteiger partial charge in [0.25, 0.3) is 0 Å². The number of carboxylic acids is 2. The van der Waals surface area contributed by atoms with E-state index in [-0.39, 0.29) is 6.42 Å². The Labute approximate surface area is 116 Å². The fourth-order valence-corrected chi connectivity index (χ4v) is 2.69. The molecule has 1 aromatic rings. The van der Waals surface area contributed by atoms with Gasteiger partial charge in [-0.15, -0.1) is 11.3 Å². The van der Waals surface area contributed by atoms with Gasteiger partial charge in [-0.2, -0.15) is 0 Å². The minimum atomic E-state index is -0.857. The molecule has 0 saturated carbocycles. The zero-order valence-electron chi connectivity index (χ0n) is 11.0. The van der Waals surface area contributed by atoms with Gasteiger partial charge in [-0.1, -0.05) is 13.8 Å². The van der Waals surface area contributed by atoms with E-state index in [1.165, 1.54) is 11.3 Å². The lowest BCUT2D eigenvalue weighted by atomic mass is 10.0. The second kappa shape index (κ2) is 7.25. The highest BCUT2D eigenvalue weighted by molar-refractivity contribution is 7.12. The van der Waals surface area contributed by atoms with E-state index in [1.807, 2.05) is 19.9 Å². The number of thiophene rings is 1. The lowest BCUT2D eigenvalue weighted by molar-refractivity contribution is -0.140. The van der Waals surface area contributed by atoms with Crippen LogP contribution in [0.2, 0.25) is 0 Å². The van der Waals surface area contributed by atoms with Crippen LogP contribution in [-0.2, 0) is 22.6 Å². The van der Waals surface area contributed by atoms with Gasteiger partial charge in [-0.25, -0.2) is 0 Å². The van der Waals surface area contributed by atoms with Crippen LogP contribution in [0.1, 0.15) is 30.0 Å². The van der Waals surface area contributed by atoms with Crippen molar-refractivity contribution in [2.45, 2.75) is 39.3 Å². The molecule has 6 heteroatoms. The third-order valence-corrected chi connectivity index (χ3v) is 3.66. The maximum absolute atomic E-state index is 11.1. The molecule has 0 aliphatic rings. The molecular weight excluding hydrogens is 266 g/mol. The smallest absolute Gasteiger partial charge is 0.320 e. The molecule has 0 amide bonds. The van der Waals surface area contributed by atoms with Crippen molar-refractivity contribution in [3.05, 3.63) is 21.9 Å². The molecule has 1 atom stereocenters. The molecule has 0 aliphatic heterocycles. The highest BCUT2D eigenvalue weighted by Gasteiger charge is 2.18. The summed E-state index contributed by atoms with van der Waals surface area (Å²) in [6, 6.07) is 3.04. The Morgan fingerprint density at radius 2 is 1.89 bits per heavy atom. The van der Waals surface area contributed by atoms with Crippen LogP contribution in [0, 0.1) is 5.92 Å². The Morgan fingerprint density at radius 1 is 1.26 bits per heavy atom. The van der Waals surface area contributed by atoms with Crippen LogP contribution in [0.3, 0.4) is 0 Å². The first-order chi connectivity index (χ1) is 8.88. The normalized spacial score (nSPS) is 12.6. The van der Waals surface area contributed by atoms with Crippen LogP contribution >= 0.6 is 11.3 Å². The van der Waals surface area contributed by atoms with E-state index in [0.29, 0.717) is 18.9 Å². The van der Waals surface area contributed by atoms with Crippen LogP contribution in [0.5, 0.6) is 0 Å². The number of rotatable bonds is 8. The second-order valence-corrected chi connectivity index (χ2v) is 6.09. The van der Waals surface area contributed by atoms with Gasteiger partial charge in [0.2, 0.25) is 0 Å². The van der Waals surface area contributed by atoms with Crippen LogP contribution in [-0.4, -0.2) is 28.2 Å². The number of hydrogen-bond donors (Lipinski definition) is 3. The van der Waals surface area contributed by atoms with E-state index in [0.717, 1.165) is 9.75 Å². The largest absolute Gasteiger partial charge is 0.481 e. The van der Waals surface area contributed by atoms with E-state index in [4.69, 9.17) is 10.2 Å². The molecule has 3 N–H and O–H groups in total. The highest BCUT2D eigenvalue weighted by atomic mass is 32.1. The first kappa shape index (κ1) is 15.7. The molecular formula is C13H19NO4S. The SMILES string of the molecule is CC(C)CC(NCc1ccc(CC(=O)O)s1)C(=O)O. The number of hydrogen-bond acceptors (Lipinski definition) is 4. The molecule has 0 aliphatic carbocycles. The number of carbonyl (C=O) groups is 2. The second-order valence-electron chi connectivity index (χ2n) is 4.84. The Bertz CT molecular complexity index is 442. The Hall–Kier alpha value is -1.40. The molecule has 0 radical (unpaired) electrons. The number of aliphatic carboxylic acids is 2. The van der Waals surface area contributed by atoms with Crippen molar-refractivity contribution < 1.29 is 19.8 Å². The standard InChI is InChI=1S/C13H19NO4S/c1-8(2)5-11(13(17)18)14-7-10-4-3-9(19-10)6-12(15)16/h3-4,8,11,14H,5-7H2,1-2H3,(H,15,16)(H,17,18). The van der Waals surface area contributed by atoms with Crippen LogP contribution in [0.15, 0.2) is 12.1 Å². The molecule has 0 fully saturated rings. The molecule has 1 heterocycles. The third kappa shape index (κ3) is 5.85. The lowest BCUT2D eigenvalue weighted by Crippen LogP contribution is -2.37. The fraction of sp³-hybridized carbons (Fsp3) is 0.538. The summed E-state index contributed by atoms with van der Waals surface area (Å²) in [7, 11) is 0. The van der Waals surface area contributed by atoms with E-state index in [9.17, 15) is 9.59 Å². The fourth-order valence-electron chi connectivity index (χ4n) is 1.73. The highest BCUT2D eigenvalue weighted by Crippen LogP contribution is 2.17. The van der Waals surface area contributed by atoms with Gasteiger partial charge in [0.1, 0.15) is 6.04 Å². The Morgan fingerprint density at radius 3 is 2.42 bits per heavy atom. The number of nitrogens with one attached hydrogen (secondary N) is 1. The minimum absolute atomic E-state index is 0.0129. The quantitative estimate of drug-likeness (QED) is 0.679. The van der Waals surface area contributed by atoms with E-state index < -0.39 is 18.0 Å². The predicted octanol–water partition coefficient (Wildman–Crippen LogP) is 1.96. The van der Waals surface area contributed by atoms with Crippen molar-refractivity contribution in [2.75, 3.05) is 0 Å². The molecule has 19 heavy (non-hydrogen) atoms. The molecule has 0 spiro atoms. The maximum atomic E-state index is 11.1. The van der Waals surface area contributed by atoms with Crippen molar-refractivity contribution in [2.24, 2.45) is 5.92 Å². The van der Waals surface area contributed by atoms with Gasteiger partial charge >= 0.3 is 11.9 Å². The first-order valence-corrected chi connectivity index (χ1v) is 6.95. The zero-order chi connectivity index (χ0) is 14.4. The topological polar surface area (TPSA) is 86.6 Å². The summed E-state index contributed by atoms with van der Waals surface area (Å²) < 4.78 is 0. The van der Waals surface area contributed by atoms with E-state index >= 15 is 0 Å². The Kier molecular flexibility index (Phi) is 5.98. The zero-order valence-corrected chi connectivity index (χ0v) is 11.9. The summed E-state index contributed by atoms with van der Waals surface area (Å²) in [5, 5.41) is 20.8. The Balaban J connectivity index is 2.52. The van der Waals surface area contributed by atoms with Crippen molar-refractivity contribution in [3.8, 4) is 0 Å². The predicted molar refractivity (Wildman–Crippen MR) is 73.4 cm³/mol. The van der Waals surface area contributed by atoms with Crippen molar-refractivity contribution >= 4 is 23.3 Å². The van der Waals surface area contributed by atoms with Crippen LogP contribution in [0.4, 0.5) is 0 Å². The molecule has 0 saturated heterocycles. The number of carboxylic acid groups (broad SMARTS) is 2. The van der Waals surface area contributed by atoms with Crippen LogP contribution < -0.4 is 5.32 Å². The first-order valence-electron chi connectivity index (χ1n) is 6.14. The van der Waals surface area contributed by atoms with Crippen molar-refractivity contribution in [1.82, 2.24) is 5.32 Å². The minimum Gasteiger partial charge on any atom is -0.481 e. The van der Waals surface area contributed by atoms with Gasteiger partial charge in [0.15, 0.2) is 0 Å². The summed E-state index contributed by atoms with van der Waals surface area (Å²) in [5.41, 5.74) is 0. The monoisotopic (exact) mass is 285 g/mol. The summed E-state index contributed by atoms with van der Waals surface area (Å²) >= 11 is 1.40. The molecule has 106 valence electrons. The maximum Gasteiger partial charge on any atom is 0.320 e. The van der Waals surface area contributed by atoms with Gasteiger partial charge in [-0.05, 0) is 24.5 Å². The summed E-state index contributed by atoms with van der Waals surface area (Å²) in [6.45, 7) is 4.41. The van der Waals surface area contributed by atoms with E-state index in [1.54, 1.807) is 6.07 Å². The van der Waals surface area contributed by atoms with E-state index in [2.05, 4.69) is 5.32 Å². The lowest BCUT2D eigenvalue weighted by Gasteiger charge is -2.15. The molecule has 0 bridgehead atoms. The van der Waals surface area contributed by atoms with Gasteiger partial charge in [0.05, 0.1) is 6.42 Å². The third-order valence-electron chi connectivity index (χ3n) is 2.57. The summed E-state index contributed by atoms with van der Waals surface area (Å²) in [6.07, 6.45) is 0.585. The van der Waals surface area contributed by atoms with Gasteiger partial charge < -0.3 is 10.2 Å². The van der Waals surface area contributed by atoms with Crippen molar-refractivity contribution in [3.63, 3.8) is 0 Å². The van der Waals surface area contributed by atoms with Gasteiger partial charge in [-0.3, -0.25) is 14.9 Å². The molecule has 0 aromatic carbocycles. The van der Waals surface area contributed by atoms with Crippen LogP contribution in [0.25, 0.3) is 0 Å². The molecule has 1 aromatic heterocycles. The van der Waals surface area contributed by atoms with Gasteiger partial charge in [0, 0.05) is 16.3 Å². The summed E-state index contributed by atoms with van der Waals surface area (Å²) in [5.74, 6) is -1.40.